The standard InChI is InChI=1S/C12H16ClN3OS/c1-6-9(12(13)16(4)15-6)5-10(17)11-7(2)14-8(3)18-11/h10,17H,5H2,1-4H3. The van der Waals surface area contributed by atoms with Crippen LogP contribution in [0.5, 0.6) is 0 Å². The van der Waals surface area contributed by atoms with Gasteiger partial charge < -0.3 is 5.11 Å². The van der Waals surface area contributed by atoms with E-state index < -0.39 is 6.10 Å². The highest BCUT2D eigenvalue weighted by atomic mass is 35.5. The molecule has 2 aromatic heterocycles. The number of aromatic nitrogens is 3. The summed E-state index contributed by atoms with van der Waals surface area (Å²) in [5.74, 6) is 0. The number of aliphatic hydroxyl groups excluding tert-OH is 1. The Balaban J connectivity index is 2.26. The zero-order valence-electron chi connectivity index (χ0n) is 10.9. The second kappa shape index (κ2) is 4.99. The van der Waals surface area contributed by atoms with Gasteiger partial charge in [0.05, 0.1) is 27.4 Å². The van der Waals surface area contributed by atoms with Gasteiger partial charge in [0.25, 0.3) is 0 Å². The van der Waals surface area contributed by atoms with E-state index in [1.807, 2.05) is 20.8 Å². The summed E-state index contributed by atoms with van der Waals surface area (Å²) < 4.78 is 1.63. The van der Waals surface area contributed by atoms with Crippen LogP contribution in [0.15, 0.2) is 0 Å². The van der Waals surface area contributed by atoms with Crippen LogP contribution in [0, 0.1) is 20.8 Å². The zero-order valence-corrected chi connectivity index (χ0v) is 12.4. The number of thiazole rings is 1. The lowest BCUT2D eigenvalue weighted by Crippen LogP contribution is -2.02. The molecule has 0 spiro atoms. The van der Waals surface area contributed by atoms with Crippen molar-refractivity contribution in [1.29, 1.82) is 0 Å². The van der Waals surface area contributed by atoms with Crippen molar-refractivity contribution in [2.45, 2.75) is 33.3 Å². The first kappa shape index (κ1) is 13.5. The largest absolute Gasteiger partial charge is 0.387 e. The van der Waals surface area contributed by atoms with Crippen molar-refractivity contribution in [3.05, 3.63) is 32.0 Å². The van der Waals surface area contributed by atoms with E-state index in [-0.39, 0.29) is 0 Å². The number of rotatable bonds is 3. The predicted octanol–water partition coefficient (Wildman–Crippen LogP) is 2.73. The van der Waals surface area contributed by atoms with Crippen LogP contribution in [0.2, 0.25) is 5.15 Å². The molecule has 0 aliphatic heterocycles. The van der Waals surface area contributed by atoms with Crippen molar-refractivity contribution in [3.63, 3.8) is 0 Å². The first-order valence-electron chi connectivity index (χ1n) is 5.70. The maximum Gasteiger partial charge on any atom is 0.130 e. The average molecular weight is 286 g/mol. The average Bonchev–Trinajstić information content (AvgIpc) is 2.73. The first-order chi connectivity index (χ1) is 8.40. The molecule has 0 bridgehead atoms. The number of hydrogen-bond donors (Lipinski definition) is 1. The molecule has 1 atom stereocenters. The van der Waals surface area contributed by atoms with Crippen LogP contribution < -0.4 is 0 Å². The second-order valence-electron chi connectivity index (χ2n) is 4.38. The van der Waals surface area contributed by atoms with Gasteiger partial charge in [0.1, 0.15) is 5.15 Å². The third-order valence-corrected chi connectivity index (χ3v) is 4.56. The maximum atomic E-state index is 10.3. The van der Waals surface area contributed by atoms with Crippen LogP contribution in [0.25, 0.3) is 0 Å². The van der Waals surface area contributed by atoms with Crippen LogP contribution in [0.1, 0.15) is 32.9 Å². The molecule has 0 amide bonds. The van der Waals surface area contributed by atoms with Crippen LogP contribution in [-0.2, 0) is 13.5 Å². The SMILES string of the molecule is Cc1nc(C)c(C(O)Cc2c(C)nn(C)c2Cl)s1. The molecule has 1 unspecified atom stereocenters. The van der Waals surface area contributed by atoms with Gasteiger partial charge in [0.2, 0.25) is 0 Å². The quantitative estimate of drug-likeness (QED) is 0.943. The minimum atomic E-state index is -0.573. The molecule has 18 heavy (non-hydrogen) atoms. The summed E-state index contributed by atoms with van der Waals surface area (Å²) in [6.07, 6.45) is -0.0994. The molecule has 0 aliphatic rings. The van der Waals surface area contributed by atoms with Gasteiger partial charge in [-0.25, -0.2) is 4.98 Å². The molecule has 0 saturated heterocycles. The van der Waals surface area contributed by atoms with E-state index in [1.54, 1.807) is 11.7 Å². The van der Waals surface area contributed by atoms with Crippen LogP contribution >= 0.6 is 22.9 Å². The third kappa shape index (κ3) is 2.43. The Morgan fingerprint density at radius 3 is 2.44 bits per heavy atom. The highest BCUT2D eigenvalue weighted by Gasteiger charge is 2.20. The normalized spacial score (nSPS) is 13.0. The molecule has 1 N–H and O–H groups in total. The number of halogens is 1. The monoisotopic (exact) mass is 285 g/mol. The van der Waals surface area contributed by atoms with E-state index in [0.29, 0.717) is 11.6 Å². The highest BCUT2D eigenvalue weighted by Crippen LogP contribution is 2.30. The van der Waals surface area contributed by atoms with Crippen molar-refractivity contribution < 1.29 is 5.11 Å². The minimum absolute atomic E-state index is 0.473. The van der Waals surface area contributed by atoms with Crippen LogP contribution in [-0.4, -0.2) is 19.9 Å². The Morgan fingerprint density at radius 1 is 1.33 bits per heavy atom. The van der Waals surface area contributed by atoms with E-state index in [2.05, 4.69) is 10.1 Å². The molecule has 2 heterocycles. The summed E-state index contributed by atoms with van der Waals surface area (Å²) in [4.78, 5) is 5.24. The Hall–Kier alpha value is -0.910. The molecule has 0 aliphatic carbocycles. The molecule has 6 heteroatoms. The molecular weight excluding hydrogens is 270 g/mol. The lowest BCUT2D eigenvalue weighted by Gasteiger charge is -2.09. The van der Waals surface area contributed by atoms with Gasteiger partial charge in [-0.15, -0.1) is 11.3 Å². The summed E-state index contributed by atoms with van der Waals surface area (Å²) in [7, 11) is 1.80. The number of aliphatic hydroxyl groups is 1. The first-order valence-corrected chi connectivity index (χ1v) is 6.89. The van der Waals surface area contributed by atoms with Gasteiger partial charge in [-0.2, -0.15) is 5.10 Å². The molecule has 2 aromatic rings. The van der Waals surface area contributed by atoms with Crippen LogP contribution in [0.3, 0.4) is 0 Å². The molecule has 0 radical (unpaired) electrons. The summed E-state index contributed by atoms with van der Waals surface area (Å²) in [6, 6.07) is 0. The van der Waals surface area contributed by atoms with Gasteiger partial charge in [-0.05, 0) is 20.8 Å². The smallest absolute Gasteiger partial charge is 0.130 e. The number of hydrogen-bond acceptors (Lipinski definition) is 4. The Bertz CT molecular complexity index is 576. The fourth-order valence-corrected chi connectivity index (χ4v) is 3.21. The van der Waals surface area contributed by atoms with E-state index in [0.717, 1.165) is 26.8 Å². The zero-order chi connectivity index (χ0) is 13.4. The molecule has 0 saturated carbocycles. The Kier molecular flexibility index (Phi) is 3.75. The van der Waals surface area contributed by atoms with Gasteiger partial charge in [-0.3, -0.25) is 4.68 Å². The fraction of sp³-hybridized carbons (Fsp3) is 0.500. The molecule has 0 aromatic carbocycles. The van der Waals surface area contributed by atoms with E-state index in [4.69, 9.17) is 11.6 Å². The molecule has 0 fully saturated rings. The molecular formula is C12H16ClN3OS. The van der Waals surface area contributed by atoms with E-state index in [9.17, 15) is 5.11 Å². The van der Waals surface area contributed by atoms with Crippen molar-refractivity contribution in [1.82, 2.24) is 14.8 Å². The summed E-state index contributed by atoms with van der Waals surface area (Å²) in [5, 5.41) is 16.1. The van der Waals surface area contributed by atoms with Crippen molar-refractivity contribution in [2.24, 2.45) is 7.05 Å². The van der Waals surface area contributed by atoms with Gasteiger partial charge in [-0.1, -0.05) is 11.6 Å². The maximum absolute atomic E-state index is 10.3. The van der Waals surface area contributed by atoms with Gasteiger partial charge in [0.15, 0.2) is 0 Å². The number of nitrogens with zero attached hydrogens (tertiary/aromatic N) is 3. The predicted molar refractivity (Wildman–Crippen MR) is 73.2 cm³/mol. The van der Waals surface area contributed by atoms with Gasteiger partial charge >= 0.3 is 0 Å². The van der Waals surface area contributed by atoms with Crippen molar-refractivity contribution in [2.75, 3.05) is 0 Å². The summed E-state index contributed by atoms with van der Waals surface area (Å²) >= 11 is 7.70. The third-order valence-electron chi connectivity index (χ3n) is 2.91. The summed E-state index contributed by atoms with van der Waals surface area (Å²) in [6.45, 7) is 5.76. The molecule has 98 valence electrons. The highest BCUT2D eigenvalue weighted by molar-refractivity contribution is 7.11. The molecule has 4 nitrogen and oxygen atoms in total. The summed E-state index contributed by atoms with van der Waals surface area (Å²) in [5.41, 5.74) is 2.65. The minimum Gasteiger partial charge on any atom is -0.387 e. The van der Waals surface area contributed by atoms with Crippen molar-refractivity contribution >= 4 is 22.9 Å². The molecule has 2 rings (SSSR count). The lowest BCUT2D eigenvalue weighted by atomic mass is 10.1. The van der Waals surface area contributed by atoms with Gasteiger partial charge in [0, 0.05) is 19.0 Å². The van der Waals surface area contributed by atoms with Crippen LogP contribution in [0.4, 0.5) is 0 Å². The Morgan fingerprint density at radius 2 is 2.00 bits per heavy atom. The topological polar surface area (TPSA) is 50.9 Å². The van der Waals surface area contributed by atoms with E-state index >= 15 is 0 Å². The van der Waals surface area contributed by atoms with Crippen molar-refractivity contribution in [3.8, 4) is 0 Å². The number of aryl methyl sites for hydroxylation is 4. The van der Waals surface area contributed by atoms with E-state index in [1.165, 1.54) is 11.3 Å². The fourth-order valence-electron chi connectivity index (χ4n) is 2.05. The lowest BCUT2D eigenvalue weighted by molar-refractivity contribution is 0.181. The second-order valence-corrected chi connectivity index (χ2v) is 5.97. The Labute approximate surface area is 115 Å².